The summed E-state index contributed by atoms with van der Waals surface area (Å²) in [6.45, 7) is 3.55. The number of carbonyl (C=O) groups is 2. The Morgan fingerprint density at radius 3 is 2.67 bits per heavy atom. The molecule has 18 heavy (non-hydrogen) atoms. The fourth-order valence-corrected chi connectivity index (χ4v) is 1.56. The Morgan fingerprint density at radius 1 is 1.39 bits per heavy atom. The molecule has 7 heteroatoms. The monoisotopic (exact) mass is 289 g/mol. The molecule has 2 N–H and O–H groups in total. The Labute approximate surface area is 115 Å². The molecule has 98 valence electrons. The molecule has 0 saturated carbocycles. The van der Waals surface area contributed by atoms with Gasteiger partial charge < -0.3 is 10.6 Å². The van der Waals surface area contributed by atoms with Gasteiger partial charge in [-0.15, -0.1) is 0 Å². The summed E-state index contributed by atoms with van der Waals surface area (Å²) in [5.74, 6) is -0.738. The lowest BCUT2D eigenvalue weighted by Crippen LogP contribution is -2.39. The van der Waals surface area contributed by atoms with Crippen LogP contribution in [0.3, 0.4) is 0 Å². The molecule has 0 aromatic carbocycles. The molecule has 5 nitrogen and oxygen atoms in total. The Morgan fingerprint density at radius 2 is 2.06 bits per heavy atom. The number of nitrogens with zero attached hydrogens (tertiary/aromatic N) is 1. The van der Waals surface area contributed by atoms with Crippen molar-refractivity contribution in [1.82, 2.24) is 15.6 Å². The minimum Gasteiger partial charge on any atom is -0.352 e. The van der Waals surface area contributed by atoms with Gasteiger partial charge in [-0.25, -0.2) is 4.98 Å². The van der Waals surface area contributed by atoms with Crippen molar-refractivity contribution in [2.45, 2.75) is 19.9 Å². The van der Waals surface area contributed by atoms with Crippen molar-refractivity contribution in [2.75, 3.05) is 6.54 Å². The summed E-state index contributed by atoms with van der Waals surface area (Å²) >= 11 is 11.5. The van der Waals surface area contributed by atoms with Gasteiger partial charge in [-0.2, -0.15) is 0 Å². The minimum atomic E-state index is -0.469. The van der Waals surface area contributed by atoms with Gasteiger partial charge in [-0.1, -0.05) is 23.2 Å². The van der Waals surface area contributed by atoms with Crippen LogP contribution in [0.5, 0.6) is 0 Å². The van der Waals surface area contributed by atoms with Crippen LogP contribution in [0.1, 0.15) is 24.2 Å². The minimum absolute atomic E-state index is 0.0216. The molecule has 0 fully saturated rings. The lowest BCUT2D eigenvalue weighted by molar-refractivity contribution is -0.120. The van der Waals surface area contributed by atoms with E-state index in [1.807, 2.05) is 13.8 Å². The molecule has 0 aliphatic heterocycles. The first-order valence-electron chi connectivity index (χ1n) is 5.28. The average Bonchev–Trinajstić information content (AvgIpc) is 2.28. The van der Waals surface area contributed by atoms with Crippen LogP contribution in [0.4, 0.5) is 0 Å². The fraction of sp³-hybridized carbons (Fsp3) is 0.364. The van der Waals surface area contributed by atoms with E-state index < -0.39 is 5.91 Å². The highest BCUT2D eigenvalue weighted by Gasteiger charge is 2.13. The van der Waals surface area contributed by atoms with Crippen molar-refractivity contribution in [3.63, 3.8) is 0 Å². The van der Waals surface area contributed by atoms with Crippen LogP contribution < -0.4 is 10.6 Å². The highest BCUT2D eigenvalue weighted by Crippen LogP contribution is 2.17. The Kier molecular flexibility index (Phi) is 5.37. The maximum Gasteiger partial charge on any atom is 0.253 e. The Balaban J connectivity index is 2.60. The van der Waals surface area contributed by atoms with Crippen LogP contribution in [-0.2, 0) is 4.79 Å². The molecule has 0 bridgehead atoms. The van der Waals surface area contributed by atoms with Gasteiger partial charge in [0.25, 0.3) is 5.91 Å². The SMILES string of the molecule is CC(C)NC(=O)CNC(=O)c1cc(Cl)ncc1Cl. The largest absolute Gasteiger partial charge is 0.352 e. The number of pyridine rings is 1. The molecule has 0 atom stereocenters. The first-order valence-corrected chi connectivity index (χ1v) is 6.04. The molecule has 2 amide bonds. The summed E-state index contributed by atoms with van der Waals surface area (Å²) in [6.07, 6.45) is 1.28. The van der Waals surface area contributed by atoms with E-state index >= 15 is 0 Å². The molecule has 1 aromatic rings. The van der Waals surface area contributed by atoms with Crippen molar-refractivity contribution >= 4 is 35.0 Å². The second-order valence-electron chi connectivity index (χ2n) is 3.89. The first kappa shape index (κ1) is 14.7. The van der Waals surface area contributed by atoms with Crippen molar-refractivity contribution < 1.29 is 9.59 Å². The number of hydrogen-bond acceptors (Lipinski definition) is 3. The molecule has 0 aliphatic rings. The van der Waals surface area contributed by atoms with Gasteiger partial charge in [-0.3, -0.25) is 9.59 Å². The van der Waals surface area contributed by atoms with Gasteiger partial charge in [-0.05, 0) is 19.9 Å². The van der Waals surface area contributed by atoms with Gasteiger partial charge in [0, 0.05) is 12.2 Å². The van der Waals surface area contributed by atoms with Gasteiger partial charge in [0.05, 0.1) is 17.1 Å². The fourth-order valence-electron chi connectivity index (χ4n) is 1.22. The number of amides is 2. The zero-order valence-corrected chi connectivity index (χ0v) is 11.5. The van der Waals surface area contributed by atoms with Crippen LogP contribution >= 0.6 is 23.2 Å². The lowest BCUT2D eigenvalue weighted by Gasteiger charge is -2.09. The third kappa shape index (κ3) is 4.50. The molecule has 0 spiro atoms. The molecule has 0 saturated heterocycles. The van der Waals surface area contributed by atoms with E-state index in [-0.39, 0.29) is 34.2 Å². The van der Waals surface area contributed by atoms with Crippen LogP contribution in [0.25, 0.3) is 0 Å². The number of carbonyl (C=O) groups excluding carboxylic acids is 2. The van der Waals surface area contributed by atoms with Crippen LogP contribution in [0.15, 0.2) is 12.3 Å². The standard InChI is InChI=1S/C11H13Cl2N3O2/c1-6(2)16-10(17)5-15-11(18)7-3-9(13)14-4-8(7)12/h3-4,6H,5H2,1-2H3,(H,15,18)(H,16,17). The summed E-state index contributed by atoms with van der Waals surface area (Å²) in [4.78, 5) is 26.8. The van der Waals surface area contributed by atoms with E-state index in [4.69, 9.17) is 23.2 Å². The number of aromatic nitrogens is 1. The molecule has 0 aliphatic carbocycles. The average molecular weight is 290 g/mol. The van der Waals surface area contributed by atoms with Crippen molar-refractivity contribution in [3.05, 3.63) is 28.0 Å². The molecule has 1 rings (SSSR count). The molecule has 1 heterocycles. The van der Waals surface area contributed by atoms with Crippen LogP contribution in [0, 0.1) is 0 Å². The predicted octanol–water partition coefficient (Wildman–Crippen LogP) is 1.64. The highest BCUT2D eigenvalue weighted by atomic mass is 35.5. The van der Waals surface area contributed by atoms with Gasteiger partial charge >= 0.3 is 0 Å². The molecular weight excluding hydrogens is 277 g/mol. The Hall–Kier alpha value is -1.33. The number of hydrogen-bond donors (Lipinski definition) is 2. The Bertz CT molecular complexity index is 464. The van der Waals surface area contributed by atoms with Crippen molar-refractivity contribution in [2.24, 2.45) is 0 Å². The van der Waals surface area contributed by atoms with E-state index in [1.165, 1.54) is 12.3 Å². The van der Waals surface area contributed by atoms with Crippen LogP contribution in [-0.4, -0.2) is 29.4 Å². The lowest BCUT2D eigenvalue weighted by atomic mass is 10.2. The third-order valence-electron chi connectivity index (χ3n) is 1.93. The summed E-state index contributed by atoms with van der Waals surface area (Å²) in [5.41, 5.74) is 0.189. The molecule has 0 unspecified atom stereocenters. The highest BCUT2D eigenvalue weighted by molar-refractivity contribution is 6.35. The third-order valence-corrected chi connectivity index (χ3v) is 2.43. The second-order valence-corrected chi connectivity index (χ2v) is 4.69. The normalized spacial score (nSPS) is 10.3. The van der Waals surface area contributed by atoms with E-state index in [1.54, 1.807) is 0 Å². The van der Waals surface area contributed by atoms with E-state index in [0.29, 0.717) is 0 Å². The quantitative estimate of drug-likeness (QED) is 0.828. The summed E-state index contributed by atoms with van der Waals surface area (Å²) < 4.78 is 0. The molecule has 0 radical (unpaired) electrons. The molecular formula is C11H13Cl2N3O2. The number of halogens is 2. The van der Waals surface area contributed by atoms with Crippen LogP contribution in [0.2, 0.25) is 10.2 Å². The maximum atomic E-state index is 11.7. The second kappa shape index (κ2) is 6.56. The summed E-state index contributed by atoms with van der Waals surface area (Å²) in [5, 5.41) is 5.45. The van der Waals surface area contributed by atoms with E-state index in [9.17, 15) is 9.59 Å². The zero-order valence-electron chi connectivity index (χ0n) is 9.96. The zero-order chi connectivity index (χ0) is 13.7. The number of nitrogens with one attached hydrogen (secondary N) is 2. The van der Waals surface area contributed by atoms with Gasteiger partial charge in [0.15, 0.2) is 0 Å². The topological polar surface area (TPSA) is 71.1 Å². The molecule has 1 aromatic heterocycles. The van der Waals surface area contributed by atoms with Crippen molar-refractivity contribution in [3.8, 4) is 0 Å². The number of rotatable bonds is 4. The maximum absolute atomic E-state index is 11.7. The smallest absolute Gasteiger partial charge is 0.253 e. The first-order chi connectivity index (χ1) is 8.40. The predicted molar refractivity (Wildman–Crippen MR) is 69.9 cm³/mol. The van der Waals surface area contributed by atoms with E-state index in [2.05, 4.69) is 15.6 Å². The summed E-state index contributed by atoms with van der Waals surface area (Å²) in [6, 6.07) is 1.37. The van der Waals surface area contributed by atoms with Gasteiger partial charge in [0.2, 0.25) is 5.91 Å². The van der Waals surface area contributed by atoms with Crippen molar-refractivity contribution in [1.29, 1.82) is 0 Å². The van der Waals surface area contributed by atoms with E-state index in [0.717, 1.165) is 0 Å². The summed E-state index contributed by atoms with van der Waals surface area (Å²) in [7, 11) is 0. The van der Waals surface area contributed by atoms with Gasteiger partial charge in [0.1, 0.15) is 5.15 Å².